The fourth-order valence-corrected chi connectivity index (χ4v) is 0.712. The number of hydrogen-bond acceptors (Lipinski definition) is 2. The molecule has 0 bridgehead atoms. The summed E-state index contributed by atoms with van der Waals surface area (Å²) in [7, 11) is 0. The van der Waals surface area contributed by atoms with Gasteiger partial charge in [-0.3, -0.25) is 0 Å². The van der Waals surface area contributed by atoms with E-state index in [1.54, 1.807) is 6.08 Å². The van der Waals surface area contributed by atoms with E-state index in [-0.39, 0.29) is 4.75 Å². The molecule has 0 aromatic heterocycles. The lowest BCUT2D eigenvalue weighted by Crippen LogP contribution is -2.37. The van der Waals surface area contributed by atoms with Crippen molar-refractivity contribution in [2.45, 2.75) is 25.0 Å². The van der Waals surface area contributed by atoms with Crippen molar-refractivity contribution in [1.82, 2.24) is 0 Å². The Kier molecular flexibility index (Phi) is 3.25. The zero-order valence-corrected chi connectivity index (χ0v) is 6.70. The second kappa shape index (κ2) is 3.25. The van der Waals surface area contributed by atoms with E-state index >= 15 is 0 Å². The molecule has 1 unspecified atom stereocenters. The van der Waals surface area contributed by atoms with Gasteiger partial charge in [-0.1, -0.05) is 6.08 Å². The van der Waals surface area contributed by atoms with Crippen molar-refractivity contribution in [1.29, 1.82) is 0 Å². The van der Waals surface area contributed by atoms with Crippen LogP contribution < -0.4 is 5.14 Å². The molecular formula is C6H13NOS. The number of nitrogens with two attached hydrogens (primary N) is 1. The molecule has 0 saturated carbocycles. The molecule has 1 atom stereocenters. The van der Waals surface area contributed by atoms with Crippen LogP contribution in [0.15, 0.2) is 12.7 Å². The largest absolute Gasteiger partial charge is 0.598 e. The Morgan fingerprint density at radius 1 is 1.78 bits per heavy atom. The Hall–Kier alpha value is 0.01000. The molecule has 0 aliphatic rings. The average molecular weight is 147 g/mol. The van der Waals surface area contributed by atoms with Gasteiger partial charge in [-0.15, -0.1) is 6.58 Å². The van der Waals surface area contributed by atoms with E-state index in [1.165, 1.54) is 0 Å². The van der Waals surface area contributed by atoms with Crippen LogP contribution in [0, 0.1) is 0 Å². The van der Waals surface area contributed by atoms with Gasteiger partial charge in [0.2, 0.25) is 0 Å². The predicted octanol–water partition coefficient (Wildman–Crippen LogP) is 0.964. The van der Waals surface area contributed by atoms with Crippen molar-refractivity contribution in [3.8, 4) is 0 Å². The lowest BCUT2D eigenvalue weighted by atomic mass is 10.1. The van der Waals surface area contributed by atoms with Crippen LogP contribution in [-0.2, 0) is 11.4 Å². The fraction of sp³-hybridized carbons (Fsp3) is 0.667. The maximum Gasteiger partial charge on any atom is 0.142 e. The van der Waals surface area contributed by atoms with Gasteiger partial charge in [-0.2, -0.15) is 5.14 Å². The lowest BCUT2D eigenvalue weighted by Gasteiger charge is -2.22. The summed E-state index contributed by atoms with van der Waals surface area (Å²) < 4.78 is 10.4. The minimum atomic E-state index is -1.25. The summed E-state index contributed by atoms with van der Waals surface area (Å²) in [6.45, 7) is 7.24. The van der Waals surface area contributed by atoms with Crippen LogP contribution in [0.25, 0.3) is 0 Å². The second-order valence-electron chi connectivity index (χ2n) is 2.55. The Morgan fingerprint density at radius 2 is 2.22 bits per heavy atom. The lowest BCUT2D eigenvalue weighted by molar-refractivity contribution is 0.548. The summed E-state index contributed by atoms with van der Waals surface area (Å²) >= 11 is -1.25. The molecule has 9 heavy (non-hydrogen) atoms. The summed E-state index contributed by atoms with van der Waals surface area (Å²) in [6, 6.07) is 0. The molecule has 0 radical (unpaired) electrons. The molecule has 0 fully saturated rings. The molecule has 0 aromatic rings. The van der Waals surface area contributed by atoms with Crippen LogP contribution in [0.2, 0.25) is 0 Å². The van der Waals surface area contributed by atoms with E-state index in [0.29, 0.717) is 6.42 Å². The quantitative estimate of drug-likeness (QED) is 0.477. The minimum absolute atomic E-state index is 0.318. The van der Waals surface area contributed by atoms with Gasteiger partial charge in [0.1, 0.15) is 4.75 Å². The van der Waals surface area contributed by atoms with Crippen molar-refractivity contribution in [3.63, 3.8) is 0 Å². The molecule has 54 valence electrons. The topological polar surface area (TPSA) is 49.1 Å². The highest BCUT2D eigenvalue weighted by molar-refractivity contribution is 7.90. The highest BCUT2D eigenvalue weighted by atomic mass is 32.2. The Balaban J connectivity index is 3.84. The van der Waals surface area contributed by atoms with Crippen LogP contribution in [0.5, 0.6) is 0 Å². The molecule has 0 spiro atoms. The van der Waals surface area contributed by atoms with Crippen LogP contribution in [-0.4, -0.2) is 9.30 Å². The molecule has 3 heteroatoms. The SMILES string of the molecule is C=CCC(C)(C)[S+](N)[O-]. The molecule has 2 nitrogen and oxygen atoms in total. The Bertz CT molecular complexity index is 101. The van der Waals surface area contributed by atoms with Crippen molar-refractivity contribution in [2.75, 3.05) is 0 Å². The molecule has 0 saturated heterocycles. The smallest absolute Gasteiger partial charge is 0.142 e. The van der Waals surface area contributed by atoms with Gasteiger partial charge in [-0.25, -0.2) is 0 Å². The van der Waals surface area contributed by atoms with Crippen molar-refractivity contribution < 1.29 is 4.55 Å². The van der Waals surface area contributed by atoms with E-state index in [2.05, 4.69) is 6.58 Å². The maximum atomic E-state index is 10.7. The van der Waals surface area contributed by atoms with E-state index < -0.39 is 11.4 Å². The molecule has 0 aromatic carbocycles. The molecule has 0 amide bonds. The van der Waals surface area contributed by atoms with Crippen LogP contribution >= 0.6 is 0 Å². The first kappa shape index (κ1) is 9.01. The third-order valence-electron chi connectivity index (χ3n) is 1.18. The third kappa shape index (κ3) is 2.89. The average Bonchev–Trinajstić information content (AvgIpc) is 1.65. The normalized spacial score (nSPS) is 15.1. The molecule has 0 heterocycles. The summed E-state index contributed by atoms with van der Waals surface area (Å²) in [5.41, 5.74) is 0. The summed E-state index contributed by atoms with van der Waals surface area (Å²) in [6.07, 6.45) is 2.42. The second-order valence-corrected chi connectivity index (χ2v) is 4.25. The van der Waals surface area contributed by atoms with Gasteiger partial charge in [0.05, 0.1) is 0 Å². The van der Waals surface area contributed by atoms with E-state index in [9.17, 15) is 4.55 Å². The Labute approximate surface area is 59.4 Å². The van der Waals surface area contributed by atoms with Gasteiger partial charge < -0.3 is 4.55 Å². The maximum absolute atomic E-state index is 10.7. The van der Waals surface area contributed by atoms with Crippen molar-refractivity contribution >= 4 is 11.4 Å². The first-order chi connectivity index (χ1) is 4.00. The summed E-state index contributed by atoms with van der Waals surface area (Å²) in [5.74, 6) is 0. The van der Waals surface area contributed by atoms with Gasteiger partial charge in [0.25, 0.3) is 0 Å². The van der Waals surface area contributed by atoms with E-state index in [1.807, 2.05) is 13.8 Å². The van der Waals surface area contributed by atoms with Crippen molar-refractivity contribution in [2.24, 2.45) is 5.14 Å². The highest BCUT2D eigenvalue weighted by Gasteiger charge is 2.27. The fourth-order valence-electron chi connectivity index (χ4n) is 0.430. The molecule has 0 aliphatic heterocycles. The standard InChI is InChI=1S/C6H13NOS/c1-4-5-6(2,3)9(7)8/h4H,1,5,7H2,2-3H3. The first-order valence-corrected chi connectivity index (χ1v) is 3.99. The summed E-state index contributed by atoms with van der Waals surface area (Å²) in [5, 5.41) is 5.18. The molecule has 2 N–H and O–H groups in total. The van der Waals surface area contributed by atoms with Gasteiger partial charge in [0.15, 0.2) is 0 Å². The van der Waals surface area contributed by atoms with E-state index in [4.69, 9.17) is 5.14 Å². The Morgan fingerprint density at radius 3 is 2.33 bits per heavy atom. The van der Waals surface area contributed by atoms with Crippen molar-refractivity contribution in [3.05, 3.63) is 12.7 Å². The van der Waals surface area contributed by atoms with E-state index in [0.717, 1.165) is 0 Å². The summed E-state index contributed by atoms with van der Waals surface area (Å²) in [4.78, 5) is 0. The number of allylic oxidation sites excluding steroid dienone is 1. The minimum Gasteiger partial charge on any atom is -0.598 e. The molecular weight excluding hydrogens is 134 g/mol. The molecule has 0 rings (SSSR count). The van der Waals surface area contributed by atoms with Gasteiger partial charge >= 0.3 is 0 Å². The third-order valence-corrected chi connectivity index (χ3v) is 2.44. The van der Waals surface area contributed by atoms with Crippen LogP contribution in [0.3, 0.4) is 0 Å². The predicted molar refractivity (Wildman–Crippen MR) is 41.2 cm³/mol. The first-order valence-electron chi connectivity index (χ1n) is 2.78. The zero-order chi connectivity index (χ0) is 7.49. The zero-order valence-electron chi connectivity index (χ0n) is 5.89. The van der Waals surface area contributed by atoms with Crippen LogP contribution in [0.1, 0.15) is 20.3 Å². The van der Waals surface area contributed by atoms with Gasteiger partial charge in [0, 0.05) is 17.8 Å². The van der Waals surface area contributed by atoms with Gasteiger partial charge in [-0.05, 0) is 13.8 Å². The molecule has 0 aliphatic carbocycles. The number of rotatable bonds is 3. The monoisotopic (exact) mass is 147 g/mol. The number of hydrogen-bond donors (Lipinski definition) is 1. The highest BCUT2D eigenvalue weighted by Crippen LogP contribution is 2.17. The van der Waals surface area contributed by atoms with Crippen LogP contribution in [0.4, 0.5) is 0 Å².